The summed E-state index contributed by atoms with van der Waals surface area (Å²) in [5.74, 6) is -0.142. The average Bonchev–Trinajstić information content (AvgIpc) is 2.87. The summed E-state index contributed by atoms with van der Waals surface area (Å²) in [5, 5.41) is 3.78. The second kappa shape index (κ2) is 5.86. The van der Waals surface area contributed by atoms with Gasteiger partial charge >= 0.3 is 0 Å². The molecular weight excluding hydrogens is 244 g/mol. The number of hydrogen-bond donors (Lipinski definition) is 2. The van der Waals surface area contributed by atoms with Gasteiger partial charge < -0.3 is 19.8 Å². The molecule has 19 heavy (non-hydrogen) atoms. The van der Waals surface area contributed by atoms with Gasteiger partial charge in [0.05, 0.1) is 6.04 Å². The molecule has 1 unspecified atom stereocenters. The topological polar surface area (TPSA) is 63.4 Å². The first-order valence-corrected chi connectivity index (χ1v) is 6.10. The van der Waals surface area contributed by atoms with Gasteiger partial charge in [0, 0.05) is 36.9 Å². The number of amides is 1. The van der Waals surface area contributed by atoms with Crippen molar-refractivity contribution in [2.45, 2.75) is 19.3 Å². The van der Waals surface area contributed by atoms with Crippen LogP contribution in [0, 0.1) is 0 Å². The number of aromatic amines is 1. The Kier molecular flexibility index (Phi) is 4.19. The quantitative estimate of drug-likeness (QED) is 0.809. The van der Waals surface area contributed by atoms with Gasteiger partial charge in [-0.1, -0.05) is 6.07 Å². The van der Waals surface area contributed by atoms with Crippen LogP contribution in [0.2, 0.25) is 0 Å². The molecule has 5 nitrogen and oxygen atoms in total. The van der Waals surface area contributed by atoms with E-state index in [0.29, 0.717) is 5.56 Å². The van der Waals surface area contributed by atoms with Gasteiger partial charge in [-0.25, -0.2) is 0 Å². The fourth-order valence-corrected chi connectivity index (χ4v) is 2.14. The maximum Gasteiger partial charge on any atom is 0.252 e. The molecule has 1 aromatic heterocycles. The Morgan fingerprint density at radius 3 is 2.68 bits per heavy atom. The molecule has 2 rings (SSSR count). The fraction of sp³-hybridized carbons (Fsp3) is 0.357. The number of H-pyrrole nitrogens is 1. The van der Waals surface area contributed by atoms with Crippen molar-refractivity contribution in [1.29, 1.82) is 0 Å². The van der Waals surface area contributed by atoms with Crippen molar-refractivity contribution >= 4 is 16.8 Å². The zero-order chi connectivity index (χ0) is 13.8. The van der Waals surface area contributed by atoms with Crippen LogP contribution in [0.3, 0.4) is 0 Å². The summed E-state index contributed by atoms with van der Waals surface area (Å²) in [6.07, 6.45) is 1.35. The lowest BCUT2D eigenvalue weighted by Gasteiger charge is -2.22. The average molecular weight is 262 g/mol. The Balaban J connectivity index is 2.18. The van der Waals surface area contributed by atoms with E-state index in [2.05, 4.69) is 10.3 Å². The number of aromatic nitrogens is 1. The van der Waals surface area contributed by atoms with Gasteiger partial charge in [-0.3, -0.25) is 4.79 Å². The highest BCUT2D eigenvalue weighted by Gasteiger charge is 2.19. The summed E-state index contributed by atoms with van der Waals surface area (Å²) in [5.41, 5.74) is 1.58. The summed E-state index contributed by atoms with van der Waals surface area (Å²) in [6, 6.07) is 7.23. The number of carbonyl (C=O) groups is 1. The molecule has 0 saturated heterocycles. The van der Waals surface area contributed by atoms with Crippen LogP contribution in [-0.2, 0) is 9.47 Å². The van der Waals surface area contributed by atoms with Gasteiger partial charge in [0.1, 0.15) is 0 Å². The minimum atomic E-state index is -0.464. The van der Waals surface area contributed by atoms with Crippen LogP contribution in [-0.4, -0.2) is 37.4 Å². The van der Waals surface area contributed by atoms with Gasteiger partial charge in [0.15, 0.2) is 6.29 Å². The van der Waals surface area contributed by atoms with Crippen molar-refractivity contribution in [3.63, 3.8) is 0 Å². The molecule has 1 aromatic carbocycles. The molecule has 0 fully saturated rings. The van der Waals surface area contributed by atoms with E-state index in [0.717, 1.165) is 10.9 Å². The Morgan fingerprint density at radius 2 is 2.00 bits per heavy atom. The lowest BCUT2D eigenvalue weighted by Crippen LogP contribution is -2.42. The van der Waals surface area contributed by atoms with Crippen molar-refractivity contribution in [3.8, 4) is 0 Å². The highest BCUT2D eigenvalue weighted by Crippen LogP contribution is 2.17. The van der Waals surface area contributed by atoms with Gasteiger partial charge in [0.2, 0.25) is 0 Å². The number of fused-ring (bicyclic) bond motifs is 1. The molecule has 2 aromatic rings. The molecule has 5 heteroatoms. The normalized spacial score (nSPS) is 12.8. The highest BCUT2D eigenvalue weighted by molar-refractivity contribution is 6.06. The van der Waals surface area contributed by atoms with Crippen LogP contribution >= 0.6 is 0 Å². The lowest BCUT2D eigenvalue weighted by molar-refractivity contribution is -0.117. The van der Waals surface area contributed by atoms with E-state index >= 15 is 0 Å². The zero-order valence-electron chi connectivity index (χ0n) is 11.3. The van der Waals surface area contributed by atoms with Gasteiger partial charge in [-0.2, -0.15) is 0 Å². The number of ether oxygens (including phenoxy) is 2. The Bertz CT molecular complexity index is 561. The second-order valence-corrected chi connectivity index (χ2v) is 4.35. The number of methoxy groups -OCH3 is 2. The lowest BCUT2D eigenvalue weighted by atomic mass is 10.1. The third-order valence-corrected chi connectivity index (χ3v) is 3.07. The molecule has 0 bridgehead atoms. The molecule has 2 N–H and O–H groups in total. The van der Waals surface area contributed by atoms with Gasteiger partial charge in [-0.15, -0.1) is 0 Å². The molecule has 102 valence electrons. The summed E-state index contributed by atoms with van der Waals surface area (Å²) >= 11 is 0. The molecular formula is C14H18N2O3. The molecule has 0 radical (unpaired) electrons. The van der Waals surface area contributed by atoms with Crippen LogP contribution in [0.15, 0.2) is 30.5 Å². The maximum atomic E-state index is 12.3. The second-order valence-electron chi connectivity index (χ2n) is 4.35. The van der Waals surface area contributed by atoms with Gasteiger partial charge in [-0.05, 0) is 25.1 Å². The van der Waals surface area contributed by atoms with E-state index in [9.17, 15) is 4.79 Å². The third kappa shape index (κ3) is 2.77. The van der Waals surface area contributed by atoms with E-state index in [1.54, 1.807) is 20.3 Å². The summed E-state index contributed by atoms with van der Waals surface area (Å²) in [4.78, 5) is 15.4. The van der Waals surface area contributed by atoms with Crippen LogP contribution in [0.1, 0.15) is 17.3 Å². The molecule has 1 amide bonds. The maximum absolute atomic E-state index is 12.3. The fourth-order valence-electron chi connectivity index (χ4n) is 2.14. The number of benzene rings is 1. The van der Waals surface area contributed by atoms with Crippen molar-refractivity contribution in [3.05, 3.63) is 36.0 Å². The first-order chi connectivity index (χ1) is 9.17. The van der Waals surface area contributed by atoms with Crippen molar-refractivity contribution in [1.82, 2.24) is 10.3 Å². The van der Waals surface area contributed by atoms with E-state index in [1.165, 1.54) is 0 Å². The summed E-state index contributed by atoms with van der Waals surface area (Å²) < 4.78 is 10.3. The number of carbonyl (C=O) groups excluding carboxylic acids is 1. The predicted octanol–water partition coefficient (Wildman–Crippen LogP) is 1.91. The highest BCUT2D eigenvalue weighted by atomic mass is 16.7. The van der Waals surface area contributed by atoms with E-state index in [4.69, 9.17) is 9.47 Å². The summed E-state index contributed by atoms with van der Waals surface area (Å²) in [7, 11) is 3.09. The minimum Gasteiger partial charge on any atom is -0.361 e. The molecule has 1 atom stereocenters. The number of nitrogens with one attached hydrogen (secondary N) is 2. The van der Waals surface area contributed by atoms with Crippen LogP contribution < -0.4 is 5.32 Å². The van der Waals surface area contributed by atoms with Gasteiger partial charge in [0.25, 0.3) is 5.91 Å². The standard InChI is InChI=1S/C14H18N2O3/c1-9(14(18-2)19-3)16-13(17)11-5-4-6-12-10(11)7-8-15-12/h4-9,14-15H,1-3H3,(H,16,17). The molecule has 0 aliphatic rings. The molecule has 0 saturated carbocycles. The predicted molar refractivity (Wildman–Crippen MR) is 73.0 cm³/mol. The monoisotopic (exact) mass is 262 g/mol. The van der Waals surface area contributed by atoms with E-state index in [-0.39, 0.29) is 11.9 Å². The largest absolute Gasteiger partial charge is 0.361 e. The van der Waals surface area contributed by atoms with E-state index in [1.807, 2.05) is 31.3 Å². The Morgan fingerprint density at radius 1 is 1.26 bits per heavy atom. The number of hydrogen-bond acceptors (Lipinski definition) is 3. The third-order valence-electron chi connectivity index (χ3n) is 3.07. The Labute approximate surface area is 111 Å². The van der Waals surface area contributed by atoms with Crippen LogP contribution in [0.4, 0.5) is 0 Å². The van der Waals surface area contributed by atoms with Crippen LogP contribution in [0.25, 0.3) is 10.9 Å². The first-order valence-electron chi connectivity index (χ1n) is 6.10. The minimum absolute atomic E-state index is 0.142. The Hall–Kier alpha value is -1.85. The number of rotatable bonds is 5. The van der Waals surface area contributed by atoms with Crippen molar-refractivity contribution in [2.75, 3.05) is 14.2 Å². The van der Waals surface area contributed by atoms with Crippen molar-refractivity contribution < 1.29 is 14.3 Å². The van der Waals surface area contributed by atoms with Crippen molar-refractivity contribution in [2.24, 2.45) is 0 Å². The zero-order valence-corrected chi connectivity index (χ0v) is 11.3. The summed E-state index contributed by atoms with van der Waals surface area (Å²) in [6.45, 7) is 1.84. The SMILES string of the molecule is COC(OC)C(C)NC(=O)c1cccc2[nH]ccc12. The first kappa shape index (κ1) is 13.6. The molecule has 0 aliphatic carbocycles. The van der Waals surface area contributed by atoms with E-state index < -0.39 is 6.29 Å². The molecule has 0 spiro atoms. The van der Waals surface area contributed by atoms with Crippen LogP contribution in [0.5, 0.6) is 0 Å². The molecule has 0 aliphatic heterocycles. The smallest absolute Gasteiger partial charge is 0.252 e. The molecule has 1 heterocycles.